The number of benzene rings is 4. The molecule has 0 fully saturated rings. The Balaban J connectivity index is 1.48. The van der Waals surface area contributed by atoms with E-state index in [1.165, 1.54) is 5.56 Å². The smallest absolute Gasteiger partial charge is 0.323 e. The second-order valence-electron chi connectivity index (χ2n) is 10.3. The predicted octanol–water partition coefficient (Wildman–Crippen LogP) is 7.04. The van der Waals surface area contributed by atoms with Gasteiger partial charge in [-0.05, 0) is 70.6 Å². The SMILES string of the molecule is Cc1ccc(NC(=O)Nc2cc(-c3ccccc3-c3nnn[nH]3)cc3c2OC[C@H](C)C[C@@H]3c2ccccc2)cc1. The van der Waals surface area contributed by atoms with E-state index in [1.54, 1.807) is 0 Å². The van der Waals surface area contributed by atoms with Gasteiger partial charge in [-0.1, -0.05) is 79.2 Å². The predicted molar refractivity (Wildman–Crippen MR) is 156 cm³/mol. The van der Waals surface area contributed by atoms with Crippen LogP contribution in [0.25, 0.3) is 22.5 Å². The zero-order valence-corrected chi connectivity index (χ0v) is 22.4. The molecule has 0 aliphatic carbocycles. The van der Waals surface area contributed by atoms with Gasteiger partial charge in [0, 0.05) is 22.7 Å². The molecule has 0 spiro atoms. The zero-order chi connectivity index (χ0) is 27.5. The molecule has 6 rings (SSSR count). The van der Waals surface area contributed by atoms with Crippen LogP contribution in [-0.4, -0.2) is 33.3 Å². The van der Waals surface area contributed by atoms with Crippen molar-refractivity contribution in [1.82, 2.24) is 20.6 Å². The van der Waals surface area contributed by atoms with Gasteiger partial charge in [-0.3, -0.25) is 0 Å². The first-order chi connectivity index (χ1) is 19.5. The molecule has 0 bridgehead atoms. The minimum absolute atomic E-state index is 0.0912. The quantitative estimate of drug-likeness (QED) is 0.226. The van der Waals surface area contributed by atoms with Crippen LogP contribution in [0.3, 0.4) is 0 Å². The molecule has 2 heterocycles. The Morgan fingerprint density at radius 3 is 2.42 bits per heavy atom. The van der Waals surface area contributed by atoms with Gasteiger partial charge in [0.05, 0.1) is 12.3 Å². The van der Waals surface area contributed by atoms with Crippen LogP contribution < -0.4 is 15.4 Å². The fourth-order valence-electron chi connectivity index (χ4n) is 5.28. The highest BCUT2D eigenvalue weighted by Crippen LogP contribution is 2.46. The maximum Gasteiger partial charge on any atom is 0.323 e. The third kappa shape index (κ3) is 5.29. The van der Waals surface area contributed by atoms with Gasteiger partial charge >= 0.3 is 6.03 Å². The molecule has 3 N–H and O–H groups in total. The molecule has 1 aliphatic heterocycles. The van der Waals surface area contributed by atoms with Crippen LogP contribution in [0.4, 0.5) is 16.2 Å². The van der Waals surface area contributed by atoms with Gasteiger partial charge in [-0.25, -0.2) is 9.89 Å². The van der Waals surface area contributed by atoms with Gasteiger partial charge in [0.25, 0.3) is 0 Å². The Bertz CT molecular complexity index is 1620. The summed E-state index contributed by atoms with van der Waals surface area (Å²) in [6.45, 7) is 4.77. The molecule has 0 radical (unpaired) electrons. The zero-order valence-electron chi connectivity index (χ0n) is 22.4. The highest BCUT2D eigenvalue weighted by atomic mass is 16.5. The maximum atomic E-state index is 13.2. The van der Waals surface area contributed by atoms with E-state index in [4.69, 9.17) is 4.74 Å². The van der Waals surface area contributed by atoms with Crippen molar-refractivity contribution < 1.29 is 9.53 Å². The molecule has 2 atom stereocenters. The van der Waals surface area contributed by atoms with E-state index in [2.05, 4.69) is 68.5 Å². The van der Waals surface area contributed by atoms with Gasteiger partial charge in [0.1, 0.15) is 5.75 Å². The van der Waals surface area contributed by atoms with Gasteiger partial charge < -0.3 is 15.4 Å². The second kappa shape index (κ2) is 11.0. The van der Waals surface area contributed by atoms with Crippen LogP contribution in [0.15, 0.2) is 91.0 Å². The number of carbonyl (C=O) groups excluding carboxylic acids is 1. The average molecular weight is 531 g/mol. The monoisotopic (exact) mass is 530 g/mol. The van der Waals surface area contributed by atoms with Crippen LogP contribution in [0, 0.1) is 12.8 Å². The lowest BCUT2D eigenvalue weighted by molar-refractivity contribution is 0.259. The van der Waals surface area contributed by atoms with E-state index < -0.39 is 0 Å². The number of nitrogens with one attached hydrogen (secondary N) is 3. The summed E-state index contributed by atoms with van der Waals surface area (Å²) in [7, 11) is 0. The van der Waals surface area contributed by atoms with E-state index in [9.17, 15) is 4.79 Å². The van der Waals surface area contributed by atoms with Crippen molar-refractivity contribution in [2.75, 3.05) is 17.2 Å². The molecule has 0 saturated carbocycles. The number of H-pyrrole nitrogens is 1. The normalized spacial score (nSPS) is 16.4. The molecule has 40 heavy (non-hydrogen) atoms. The molecule has 0 unspecified atom stereocenters. The summed E-state index contributed by atoms with van der Waals surface area (Å²) in [5, 5.41) is 20.6. The van der Waals surface area contributed by atoms with Crippen molar-refractivity contribution in [3.8, 4) is 28.3 Å². The van der Waals surface area contributed by atoms with Crippen molar-refractivity contribution in [3.05, 3.63) is 108 Å². The number of hydrogen-bond acceptors (Lipinski definition) is 5. The number of urea groups is 1. The highest BCUT2D eigenvalue weighted by Gasteiger charge is 2.29. The van der Waals surface area contributed by atoms with E-state index in [1.807, 2.05) is 67.6 Å². The third-order valence-corrected chi connectivity index (χ3v) is 7.24. The fraction of sp³-hybridized carbons (Fsp3) is 0.188. The van der Waals surface area contributed by atoms with E-state index in [0.29, 0.717) is 35.5 Å². The molecule has 200 valence electrons. The number of aromatic amines is 1. The van der Waals surface area contributed by atoms with Gasteiger partial charge in [0.2, 0.25) is 0 Å². The molecule has 1 aliphatic rings. The molecule has 2 amide bonds. The molecule has 4 aromatic carbocycles. The summed E-state index contributed by atoms with van der Waals surface area (Å²) < 4.78 is 6.42. The number of amides is 2. The van der Waals surface area contributed by atoms with Crippen LogP contribution in [0.2, 0.25) is 0 Å². The Labute approximate surface area is 232 Å². The number of hydrogen-bond donors (Lipinski definition) is 3. The third-order valence-electron chi connectivity index (χ3n) is 7.24. The summed E-state index contributed by atoms with van der Waals surface area (Å²) in [5.74, 6) is 1.68. The lowest BCUT2D eigenvalue weighted by Crippen LogP contribution is -2.20. The van der Waals surface area contributed by atoms with Crippen molar-refractivity contribution >= 4 is 17.4 Å². The minimum atomic E-state index is -0.340. The number of tetrazole rings is 1. The van der Waals surface area contributed by atoms with Gasteiger partial charge in [-0.15, -0.1) is 5.10 Å². The number of nitrogens with zero attached hydrogens (tertiary/aromatic N) is 3. The number of fused-ring (bicyclic) bond motifs is 1. The summed E-state index contributed by atoms with van der Waals surface area (Å²) in [5.41, 5.74) is 7.42. The number of anilines is 2. The molecule has 8 heteroatoms. The largest absolute Gasteiger partial charge is 0.491 e. The first-order valence-corrected chi connectivity index (χ1v) is 13.4. The summed E-state index contributed by atoms with van der Waals surface area (Å²) in [6, 6.07) is 29.9. The number of ether oxygens (including phenoxy) is 1. The lowest BCUT2D eigenvalue weighted by atomic mass is 9.83. The number of rotatable bonds is 5. The Morgan fingerprint density at radius 1 is 0.925 bits per heavy atom. The fourth-order valence-corrected chi connectivity index (χ4v) is 5.28. The Kier molecular flexibility index (Phi) is 6.97. The average Bonchev–Trinajstić information content (AvgIpc) is 3.46. The van der Waals surface area contributed by atoms with Crippen molar-refractivity contribution in [2.45, 2.75) is 26.2 Å². The van der Waals surface area contributed by atoms with Crippen molar-refractivity contribution in [1.29, 1.82) is 0 Å². The molecule has 0 saturated heterocycles. The number of carbonyl (C=O) groups is 1. The highest BCUT2D eigenvalue weighted by molar-refractivity contribution is 6.01. The molecular formula is C32H30N6O2. The Morgan fingerprint density at radius 2 is 1.68 bits per heavy atom. The molecular weight excluding hydrogens is 500 g/mol. The molecule has 8 nitrogen and oxygen atoms in total. The molecule has 5 aromatic rings. The summed E-state index contributed by atoms with van der Waals surface area (Å²) >= 11 is 0. The van der Waals surface area contributed by atoms with E-state index >= 15 is 0 Å². The minimum Gasteiger partial charge on any atom is -0.491 e. The van der Waals surface area contributed by atoms with Gasteiger partial charge in [0.15, 0.2) is 5.82 Å². The standard InChI is InChI=1S/C32H30N6O2/c1-20-12-14-24(15-13-20)33-32(39)34-29-18-23(25-10-6-7-11-26(25)31-35-37-38-36-31)17-28-27(22-8-4-3-5-9-22)16-21(2)19-40-30(28)29/h3-15,17-18,21,27H,16,19H2,1-2H3,(H2,33,34,39)(H,35,36,37,38)/t21-,27-/m1/s1. The number of aryl methyl sites for hydroxylation is 1. The van der Waals surface area contributed by atoms with Crippen LogP contribution in [0.5, 0.6) is 5.75 Å². The summed E-state index contributed by atoms with van der Waals surface area (Å²) in [6.07, 6.45) is 0.920. The maximum absolute atomic E-state index is 13.2. The van der Waals surface area contributed by atoms with E-state index in [0.717, 1.165) is 34.2 Å². The lowest BCUT2D eigenvalue weighted by Gasteiger charge is -2.22. The van der Waals surface area contributed by atoms with Crippen LogP contribution >= 0.6 is 0 Å². The number of aromatic nitrogens is 4. The molecule has 1 aromatic heterocycles. The van der Waals surface area contributed by atoms with Crippen LogP contribution in [-0.2, 0) is 0 Å². The second-order valence-corrected chi connectivity index (χ2v) is 10.3. The first kappa shape index (κ1) is 25.3. The van der Waals surface area contributed by atoms with Crippen molar-refractivity contribution in [3.63, 3.8) is 0 Å². The Hall–Kier alpha value is -4.98. The van der Waals surface area contributed by atoms with Gasteiger partial charge in [-0.2, -0.15) is 0 Å². The first-order valence-electron chi connectivity index (χ1n) is 13.4. The summed E-state index contributed by atoms with van der Waals surface area (Å²) in [4.78, 5) is 13.2. The van der Waals surface area contributed by atoms with Crippen molar-refractivity contribution in [2.24, 2.45) is 5.92 Å². The van der Waals surface area contributed by atoms with E-state index in [-0.39, 0.29) is 11.9 Å². The van der Waals surface area contributed by atoms with Crippen LogP contribution in [0.1, 0.15) is 36.0 Å². The topological polar surface area (TPSA) is 105 Å².